The first-order chi connectivity index (χ1) is 5.95. The van der Waals surface area contributed by atoms with Crippen molar-refractivity contribution < 1.29 is 0 Å². The van der Waals surface area contributed by atoms with Gasteiger partial charge in [-0.15, -0.1) is 0 Å². The molecule has 2 N–H and O–H groups in total. The number of hydrogen-bond acceptors (Lipinski definition) is 2. The normalized spacial score (nSPS) is 50.7. The Balaban J connectivity index is 1.90. The van der Waals surface area contributed by atoms with E-state index in [2.05, 4.69) is 22.8 Å². The second-order valence-electron chi connectivity index (χ2n) is 4.30. The van der Waals surface area contributed by atoms with Crippen LogP contribution in [0.15, 0.2) is 12.2 Å². The molecule has 4 unspecified atom stereocenters. The zero-order chi connectivity index (χ0) is 7.97. The van der Waals surface area contributed by atoms with Gasteiger partial charge in [0.25, 0.3) is 0 Å². The SMILES string of the molecule is C1=CC2NCC1C1CNCCC21. The molecule has 66 valence electrons. The van der Waals surface area contributed by atoms with Crippen LogP contribution in [-0.2, 0) is 0 Å². The number of rotatable bonds is 0. The summed E-state index contributed by atoms with van der Waals surface area (Å²) in [6.07, 6.45) is 6.18. The highest BCUT2D eigenvalue weighted by Crippen LogP contribution is 2.37. The van der Waals surface area contributed by atoms with Crippen LogP contribution in [0.25, 0.3) is 0 Å². The van der Waals surface area contributed by atoms with Gasteiger partial charge in [-0.1, -0.05) is 12.2 Å². The van der Waals surface area contributed by atoms with Crippen LogP contribution in [0.5, 0.6) is 0 Å². The maximum Gasteiger partial charge on any atom is 0.0282 e. The number of fused-ring (bicyclic) bond motifs is 1. The fourth-order valence-corrected chi connectivity index (χ4v) is 3.08. The van der Waals surface area contributed by atoms with Crippen molar-refractivity contribution in [3.05, 3.63) is 12.2 Å². The average Bonchev–Trinajstić information content (AvgIpc) is 2.20. The van der Waals surface area contributed by atoms with Gasteiger partial charge in [-0.3, -0.25) is 0 Å². The minimum atomic E-state index is 0.696. The van der Waals surface area contributed by atoms with Gasteiger partial charge >= 0.3 is 0 Å². The van der Waals surface area contributed by atoms with Gasteiger partial charge in [-0.05, 0) is 37.3 Å². The predicted octanol–water partition coefficient (Wildman–Crippen LogP) is 0.370. The lowest BCUT2D eigenvalue weighted by molar-refractivity contribution is 0.116. The molecule has 0 aromatic heterocycles. The molecule has 2 nitrogen and oxygen atoms in total. The quantitative estimate of drug-likeness (QED) is 0.505. The first-order valence-corrected chi connectivity index (χ1v) is 5.07. The zero-order valence-electron chi connectivity index (χ0n) is 7.29. The Kier molecular flexibility index (Phi) is 1.52. The summed E-state index contributed by atoms with van der Waals surface area (Å²) in [4.78, 5) is 0. The van der Waals surface area contributed by atoms with E-state index in [0.29, 0.717) is 6.04 Å². The fraction of sp³-hybridized carbons (Fsp3) is 0.800. The summed E-state index contributed by atoms with van der Waals surface area (Å²) in [7, 11) is 0. The Hall–Kier alpha value is -0.340. The van der Waals surface area contributed by atoms with Crippen LogP contribution in [0.3, 0.4) is 0 Å². The molecule has 4 rings (SSSR count). The molecule has 2 heteroatoms. The molecule has 0 spiro atoms. The van der Waals surface area contributed by atoms with Gasteiger partial charge in [0.05, 0.1) is 0 Å². The third-order valence-corrected chi connectivity index (χ3v) is 3.75. The van der Waals surface area contributed by atoms with Crippen molar-refractivity contribution in [2.45, 2.75) is 12.5 Å². The first-order valence-electron chi connectivity index (χ1n) is 5.07. The van der Waals surface area contributed by atoms with Gasteiger partial charge in [-0.2, -0.15) is 0 Å². The second-order valence-corrected chi connectivity index (χ2v) is 4.30. The molecule has 0 aromatic rings. The highest BCUT2D eigenvalue weighted by atomic mass is 15.0. The van der Waals surface area contributed by atoms with Crippen molar-refractivity contribution in [2.75, 3.05) is 19.6 Å². The van der Waals surface area contributed by atoms with Gasteiger partial charge in [0.15, 0.2) is 0 Å². The van der Waals surface area contributed by atoms with Crippen molar-refractivity contribution in [3.8, 4) is 0 Å². The molecule has 12 heavy (non-hydrogen) atoms. The van der Waals surface area contributed by atoms with Crippen LogP contribution in [0, 0.1) is 17.8 Å². The van der Waals surface area contributed by atoms with Crippen molar-refractivity contribution in [1.82, 2.24) is 10.6 Å². The summed E-state index contributed by atoms with van der Waals surface area (Å²) in [5, 5.41) is 7.11. The summed E-state index contributed by atoms with van der Waals surface area (Å²) in [6, 6.07) is 0.696. The lowest BCUT2D eigenvalue weighted by atomic mass is 9.67. The average molecular weight is 164 g/mol. The number of hydrogen-bond donors (Lipinski definition) is 2. The molecule has 1 aliphatic carbocycles. The molecule has 0 aromatic carbocycles. The van der Waals surface area contributed by atoms with E-state index >= 15 is 0 Å². The molecule has 3 heterocycles. The first kappa shape index (κ1) is 7.10. The van der Waals surface area contributed by atoms with E-state index in [4.69, 9.17) is 0 Å². The largest absolute Gasteiger partial charge is 0.316 e. The Morgan fingerprint density at radius 3 is 2.83 bits per heavy atom. The van der Waals surface area contributed by atoms with Gasteiger partial charge in [-0.25, -0.2) is 0 Å². The van der Waals surface area contributed by atoms with Crippen molar-refractivity contribution in [3.63, 3.8) is 0 Å². The van der Waals surface area contributed by atoms with E-state index in [9.17, 15) is 0 Å². The molecule has 0 amide bonds. The van der Waals surface area contributed by atoms with Crippen LogP contribution < -0.4 is 10.6 Å². The van der Waals surface area contributed by atoms with Gasteiger partial charge < -0.3 is 10.6 Å². The van der Waals surface area contributed by atoms with E-state index in [0.717, 1.165) is 17.8 Å². The second kappa shape index (κ2) is 2.57. The smallest absolute Gasteiger partial charge is 0.0282 e. The molecule has 2 saturated heterocycles. The van der Waals surface area contributed by atoms with Gasteiger partial charge in [0.1, 0.15) is 0 Å². The van der Waals surface area contributed by atoms with Crippen molar-refractivity contribution in [2.24, 2.45) is 17.8 Å². The Bertz CT molecular complexity index is 190. The molecule has 4 atom stereocenters. The van der Waals surface area contributed by atoms with Crippen molar-refractivity contribution in [1.29, 1.82) is 0 Å². The number of nitrogens with one attached hydrogen (secondary N) is 2. The highest BCUT2D eigenvalue weighted by Gasteiger charge is 2.41. The van der Waals surface area contributed by atoms with Gasteiger partial charge in [0.2, 0.25) is 0 Å². The van der Waals surface area contributed by atoms with Crippen molar-refractivity contribution >= 4 is 0 Å². The third kappa shape index (κ3) is 0.882. The summed E-state index contributed by atoms with van der Waals surface area (Å²) < 4.78 is 0. The minimum Gasteiger partial charge on any atom is -0.316 e. The van der Waals surface area contributed by atoms with E-state index in [1.54, 1.807) is 0 Å². The van der Waals surface area contributed by atoms with Crippen LogP contribution in [0.2, 0.25) is 0 Å². The van der Waals surface area contributed by atoms with E-state index in [1.165, 1.54) is 26.1 Å². The van der Waals surface area contributed by atoms with E-state index < -0.39 is 0 Å². The molecule has 0 saturated carbocycles. The maximum atomic E-state index is 3.60. The number of piperidine rings is 2. The Morgan fingerprint density at radius 2 is 2.08 bits per heavy atom. The monoisotopic (exact) mass is 164 g/mol. The minimum absolute atomic E-state index is 0.696. The standard InChI is InChI=1S/C10H16N2/c1-2-10-8-3-4-11-6-9(8)7(1)5-12-10/h1-2,7-12H,3-6H2. The summed E-state index contributed by atoms with van der Waals surface area (Å²) in [5.74, 6) is 2.66. The lowest BCUT2D eigenvalue weighted by Crippen LogP contribution is -2.57. The van der Waals surface area contributed by atoms with Crippen LogP contribution in [0.4, 0.5) is 0 Å². The Labute approximate surface area is 73.4 Å². The van der Waals surface area contributed by atoms with Crippen LogP contribution in [-0.4, -0.2) is 25.7 Å². The van der Waals surface area contributed by atoms with Crippen LogP contribution in [0.1, 0.15) is 6.42 Å². The summed E-state index contributed by atoms with van der Waals surface area (Å²) in [5.41, 5.74) is 0. The highest BCUT2D eigenvalue weighted by molar-refractivity contribution is 5.14. The molecule has 3 aliphatic heterocycles. The van der Waals surface area contributed by atoms with E-state index in [-0.39, 0.29) is 0 Å². The lowest BCUT2D eigenvalue weighted by Gasteiger charge is -2.48. The van der Waals surface area contributed by atoms with Gasteiger partial charge in [0, 0.05) is 12.6 Å². The Morgan fingerprint density at radius 1 is 1.08 bits per heavy atom. The topological polar surface area (TPSA) is 24.1 Å². The molecule has 2 bridgehead atoms. The molecular weight excluding hydrogens is 148 g/mol. The molecule has 2 fully saturated rings. The fourth-order valence-electron chi connectivity index (χ4n) is 3.08. The van der Waals surface area contributed by atoms with E-state index in [1.807, 2.05) is 0 Å². The molecular formula is C10H16N2. The van der Waals surface area contributed by atoms with Crippen LogP contribution >= 0.6 is 0 Å². The third-order valence-electron chi connectivity index (χ3n) is 3.75. The summed E-state index contributed by atoms with van der Waals surface area (Å²) >= 11 is 0. The molecule has 0 radical (unpaired) electrons. The zero-order valence-corrected chi connectivity index (χ0v) is 7.29. The summed E-state index contributed by atoms with van der Waals surface area (Å²) in [6.45, 7) is 3.68. The molecule has 4 aliphatic rings. The maximum absolute atomic E-state index is 3.60. The predicted molar refractivity (Wildman–Crippen MR) is 48.9 cm³/mol.